The summed E-state index contributed by atoms with van der Waals surface area (Å²) in [6, 6.07) is 12.7. The van der Waals surface area contributed by atoms with Gasteiger partial charge in [0.05, 0.1) is 4.90 Å². The minimum atomic E-state index is -4.06. The van der Waals surface area contributed by atoms with Crippen molar-refractivity contribution in [3.63, 3.8) is 0 Å². The summed E-state index contributed by atoms with van der Waals surface area (Å²) in [7, 11) is -4.06. The highest BCUT2D eigenvalue weighted by Gasteiger charge is 2.26. The van der Waals surface area contributed by atoms with Crippen LogP contribution in [0.1, 0.15) is 10.4 Å². The number of piperazine rings is 1. The molecule has 0 radical (unpaired) electrons. The summed E-state index contributed by atoms with van der Waals surface area (Å²) in [5, 5.41) is 19.3. The number of benzene rings is 2. The van der Waals surface area contributed by atoms with Crippen molar-refractivity contribution in [3.05, 3.63) is 60.2 Å². The number of nitrogens with one attached hydrogen (secondary N) is 3. The fourth-order valence-corrected chi connectivity index (χ4v) is 4.57. The van der Waals surface area contributed by atoms with Gasteiger partial charge in [-0.15, -0.1) is 0 Å². The Kier molecular flexibility index (Phi) is 7.51. The maximum atomic E-state index is 12.5. The normalized spacial score (nSPS) is 15.0. The summed E-state index contributed by atoms with van der Waals surface area (Å²) in [6.07, 6.45) is 0. The molecule has 0 saturated carbocycles. The molecular formula is C21H26N6O5S. The van der Waals surface area contributed by atoms with Gasteiger partial charge in [-0.1, -0.05) is 18.2 Å². The topological polar surface area (TPSA) is 169 Å². The Morgan fingerprint density at radius 3 is 2.18 bits per heavy atom. The zero-order valence-electron chi connectivity index (χ0n) is 17.8. The van der Waals surface area contributed by atoms with E-state index in [9.17, 15) is 23.1 Å². The van der Waals surface area contributed by atoms with Crippen LogP contribution in [0.25, 0.3) is 0 Å². The van der Waals surface area contributed by atoms with Crippen LogP contribution in [0, 0.1) is 5.41 Å². The van der Waals surface area contributed by atoms with Crippen molar-refractivity contribution in [1.29, 1.82) is 5.41 Å². The molecule has 1 saturated heterocycles. The number of aliphatic carboxylic acids is 1. The van der Waals surface area contributed by atoms with Gasteiger partial charge in [0.2, 0.25) is 10.0 Å². The third kappa shape index (κ3) is 6.20. The number of carboxylic acid groups (broad SMARTS) is 1. The number of nitrogens with zero attached hydrogens (tertiary/aromatic N) is 2. The first kappa shape index (κ1) is 24.0. The minimum Gasteiger partial charge on any atom is -0.480 e. The molecule has 33 heavy (non-hydrogen) atoms. The van der Waals surface area contributed by atoms with Crippen molar-refractivity contribution in [1.82, 2.24) is 14.9 Å². The van der Waals surface area contributed by atoms with Gasteiger partial charge in [-0.2, -0.15) is 4.72 Å². The highest BCUT2D eigenvalue weighted by Crippen LogP contribution is 2.17. The molecule has 0 aromatic heterocycles. The van der Waals surface area contributed by atoms with Crippen molar-refractivity contribution >= 4 is 33.5 Å². The van der Waals surface area contributed by atoms with Gasteiger partial charge in [0, 0.05) is 44.0 Å². The smallest absolute Gasteiger partial charge is 0.323 e. The van der Waals surface area contributed by atoms with Crippen LogP contribution < -0.4 is 20.7 Å². The number of hydrogen-bond acceptors (Lipinski definition) is 6. The number of nitrogens with two attached hydrogens (primary N) is 1. The standard InChI is InChI=1S/C21H26N6O5S/c22-21(23)27-12-10-26(11-13-27)16-8-6-15(7-9-16)19(28)24-14-18(20(29)30)25-33(31,32)17-4-2-1-3-5-17/h1-9,18,25H,10-14H2,(H3,22,23)(H,24,28)(H,29,30)/t18-/m0/s1. The van der Waals surface area contributed by atoms with E-state index in [0.29, 0.717) is 31.7 Å². The molecule has 1 heterocycles. The second-order valence-electron chi connectivity index (χ2n) is 7.44. The van der Waals surface area contributed by atoms with E-state index < -0.39 is 34.5 Å². The number of anilines is 1. The van der Waals surface area contributed by atoms with E-state index in [1.807, 2.05) is 0 Å². The molecular weight excluding hydrogens is 448 g/mol. The molecule has 1 amide bonds. The first-order valence-electron chi connectivity index (χ1n) is 10.2. The first-order chi connectivity index (χ1) is 15.7. The van der Waals surface area contributed by atoms with Gasteiger partial charge < -0.3 is 26.0 Å². The van der Waals surface area contributed by atoms with Crippen molar-refractivity contribution in [2.75, 3.05) is 37.6 Å². The minimum absolute atomic E-state index is 0.0485. The summed E-state index contributed by atoms with van der Waals surface area (Å²) in [5.41, 5.74) is 6.73. The molecule has 2 aromatic carbocycles. The maximum Gasteiger partial charge on any atom is 0.323 e. The van der Waals surface area contributed by atoms with Gasteiger partial charge in [-0.25, -0.2) is 8.42 Å². The molecule has 0 unspecified atom stereocenters. The average Bonchev–Trinajstić information content (AvgIpc) is 2.82. The van der Waals surface area contributed by atoms with Gasteiger partial charge in [0.1, 0.15) is 6.04 Å². The average molecular weight is 475 g/mol. The third-order valence-electron chi connectivity index (χ3n) is 5.23. The molecule has 0 bridgehead atoms. The Morgan fingerprint density at radius 1 is 1.03 bits per heavy atom. The van der Waals surface area contributed by atoms with E-state index >= 15 is 0 Å². The van der Waals surface area contributed by atoms with Gasteiger partial charge in [-0.3, -0.25) is 15.0 Å². The lowest BCUT2D eigenvalue weighted by molar-refractivity contribution is -0.138. The van der Waals surface area contributed by atoms with Crippen LogP contribution in [0.4, 0.5) is 5.69 Å². The van der Waals surface area contributed by atoms with Crippen LogP contribution in [-0.4, -0.2) is 75.0 Å². The second kappa shape index (κ2) is 10.3. The van der Waals surface area contributed by atoms with Crippen LogP contribution in [0.5, 0.6) is 0 Å². The van der Waals surface area contributed by atoms with Gasteiger partial charge in [0.15, 0.2) is 5.96 Å². The van der Waals surface area contributed by atoms with E-state index in [-0.39, 0.29) is 10.9 Å². The third-order valence-corrected chi connectivity index (χ3v) is 6.72. The van der Waals surface area contributed by atoms with E-state index in [0.717, 1.165) is 5.69 Å². The summed E-state index contributed by atoms with van der Waals surface area (Å²) in [4.78, 5) is 27.8. The SMILES string of the molecule is N=C(N)N1CCN(c2ccc(C(=O)NC[C@H](NS(=O)(=O)c3ccccc3)C(=O)O)cc2)CC1. The highest BCUT2D eigenvalue weighted by molar-refractivity contribution is 7.89. The predicted molar refractivity (Wildman–Crippen MR) is 123 cm³/mol. The zero-order valence-corrected chi connectivity index (χ0v) is 18.6. The van der Waals surface area contributed by atoms with Gasteiger partial charge in [0.25, 0.3) is 5.91 Å². The molecule has 6 N–H and O–H groups in total. The molecule has 176 valence electrons. The lowest BCUT2D eigenvalue weighted by atomic mass is 10.1. The van der Waals surface area contributed by atoms with Crippen LogP contribution in [0.3, 0.4) is 0 Å². The summed E-state index contributed by atoms with van der Waals surface area (Å²) < 4.78 is 26.9. The summed E-state index contributed by atoms with van der Waals surface area (Å²) in [5.74, 6) is -1.88. The van der Waals surface area contributed by atoms with Gasteiger partial charge in [-0.05, 0) is 36.4 Å². The van der Waals surface area contributed by atoms with Crippen LogP contribution in [0.2, 0.25) is 0 Å². The van der Waals surface area contributed by atoms with Gasteiger partial charge >= 0.3 is 5.97 Å². The Hall–Kier alpha value is -3.64. The van der Waals surface area contributed by atoms with Crippen LogP contribution in [-0.2, 0) is 14.8 Å². The van der Waals surface area contributed by atoms with Crippen molar-refractivity contribution in [2.45, 2.75) is 10.9 Å². The maximum absolute atomic E-state index is 12.5. The lowest BCUT2D eigenvalue weighted by Crippen LogP contribution is -2.50. The van der Waals surface area contributed by atoms with Crippen molar-refractivity contribution in [3.8, 4) is 0 Å². The number of amides is 1. The number of rotatable bonds is 8. The Balaban J connectivity index is 1.57. The lowest BCUT2D eigenvalue weighted by Gasteiger charge is -2.36. The first-order valence-corrected chi connectivity index (χ1v) is 11.7. The Bertz CT molecular complexity index is 1100. The second-order valence-corrected chi connectivity index (χ2v) is 9.16. The molecule has 1 atom stereocenters. The molecule has 0 aliphatic carbocycles. The largest absolute Gasteiger partial charge is 0.480 e. The van der Waals surface area contributed by atoms with Crippen molar-refractivity contribution < 1.29 is 23.1 Å². The molecule has 1 aliphatic heterocycles. The monoisotopic (exact) mass is 474 g/mol. The molecule has 2 aromatic rings. The van der Waals surface area contributed by atoms with E-state index in [1.165, 1.54) is 24.3 Å². The van der Waals surface area contributed by atoms with Crippen LogP contribution >= 0.6 is 0 Å². The molecule has 1 fully saturated rings. The zero-order chi connectivity index (χ0) is 24.0. The number of carboxylic acids is 1. The fourth-order valence-electron chi connectivity index (χ4n) is 3.36. The molecule has 0 spiro atoms. The Labute approximate surface area is 191 Å². The molecule has 1 aliphatic rings. The number of sulfonamides is 1. The van der Waals surface area contributed by atoms with E-state index in [1.54, 1.807) is 35.2 Å². The fraction of sp³-hybridized carbons (Fsp3) is 0.286. The molecule has 12 heteroatoms. The number of carbonyl (C=O) groups excluding carboxylic acids is 1. The highest BCUT2D eigenvalue weighted by atomic mass is 32.2. The number of guanidine groups is 1. The Morgan fingerprint density at radius 2 is 1.64 bits per heavy atom. The van der Waals surface area contributed by atoms with Crippen molar-refractivity contribution in [2.24, 2.45) is 5.73 Å². The number of hydrogen-bond donors (Lipinski definition) is 5. The molecule has 11 nitrogen and oxygen atoms in total. The van der Waals surface area contributed by atoms with Crippen LogP contribution in [0.15, 0.2) is 59.5 Å². The molecule has 3 rings (SSSR count). The summed E-state index contributed by atoms with van der Waals surface area (Å²) in [6.45, 7) is 2.22. The summed E-state index contributed by atoms with van der Waals surface area (Å²) >= 11 is 0. The predicted octanol–water partition coefficient (Wildman–Crippen LogP) is -0.136. The quantitative estimate of drug-likeness (QED) is 0.260. The van der Waals surface area contributed by atoms with E-state index in [2.05, 4.69) is 14.9 Å². The number of carbonyl (C=O) groups is 2. The van der Waals surface area contributed by atoms with E-state index in [4.69, 9.17) is 11.1 Å².